The number of nitriles is 1. The van der Waals surface area contributed by atoms with E-state index < -0.39 is 23.5 Å². The first-order chi connectivity index (χ1) is 9.36. The Balaban J connectivity index is 2.22. The van der Waals surface area contributed by atoms with E-state index in [1.54, 1.807) is 6.07 Å². The maximum atomic E-state index is 13.6. The first-order valence-electron chi connectivity index (χ1n) is 6.37. The van der Waals surface area contributed by atoms with Crippen LogP contribution >= 0.6 is 0 Å². The minimum absolute atomic E-state index is 0.0197. The number of anilines is 1. The van der Waals surface area contributed by atoms with E-state index in [1.165, 1.54) is 18.2 Å². The quantitative estimate of drug-likeness (QED) is 0.825. The molecule has 2 rings (SSSR count). The number of rotatable bonds is 2. The van der Waals surface area contributed by atoms with E-state index in [-0.39, 0.29) is 24.9 Å². The summed E-state index contributed by atoms with van der Waals surface area (Å²) in [6.07, 6.45) is -4.07. The maximum Gasteiger partial charge on any atom is 0.391 e. The van der Waals surface area contributed by atoms with Crippen molar-refractivity contribution in [2.75, 3.05) is 5.32 Å². The van der Waals surface area contributed by atoms with Gasteiger partial charge in [0.15, 0.2) is 0 Å². The first-order valence-corrected chi connectivity index (χ1v) is 6.37. The molecule has 1 aliphatic carbocycles. The molecule has 1 saturated carbocycles. The van der Waals surface area contributed by atoms with E-state index in [0.717, 1.165) is 0 Å². The lowest BCUT2D eigenvalue weighted by atomic mass is 9.76. The third-order valence-corrected chi connectivity index (χ3v) is 3.68. The van der Waals surface area contributed by atoms with Gasteiger partial charge in [-0.25, -0.2) is 4.39 Å². The van der Waals surface area contributed by atoms with Crippen molar-refractivity contribution in [2.45, 2.75) is 37.4 Å². The lowest BCUT2D eigenvalue weighted by molar-refractivity contribution is -0.184. The molecule has 0 amide bonds. The number of para-hydroxylation sites is 1. The Bertz CT molecular complexity index is 521. The van der Waals surface area contributed by atoms with Crippen molar-refractivity contribution in [3.05, 3.63) is 30.1 Å². The average Bonchev–Trinajstić information content (AvgIpc) is 2.41. The topological polar surface area (TPSA) is 35.8 Å². The van der Waals surface area contributed by atoms with Crippen molar-refractivity contribution in [3.63, 3.8) is 0 Å². The fourth-order valence-corrected chi connectivity index (χ4v) is 2.62. The molecule has 2 unspecified atom stereocenters. The molecule has 1 fully saturated rings. The molecule has 0 aliphatic heterocycles. The standard InChI is InChI=1S/C14H14F4N2/c15-11-5-1-2-6-12(11)20-13(9-19)7-3-4-10(8-13)14(16,17)18/h1-2,5-6,10,20H,3-4,7-8H2. The van der Waals surface area contributed by atoms with Crippen LogP contribution in [0.3, 0.4) is 0 Å². The molecule has 1 N–H and O–H groups in total. The van der Waals surface area contributed by atoms with Crippen molar-refractivity contribution in [2.24, 2.45) is 5.92 Å². The molecular weight excluding hydrogens is 272 g/mol. The predicted molar refractivity (Wildman–Crippen MR) is 66.4 cm³/mol. The zero-order chi connectivity index (χ0) is 14.8. The molecule has 2 atom stereocenters. The van der Waals surface area contributed by atoms with E-state index in [9.17, 15) is 22.8 Å². The molecule has 0 radical (unpaired) electrons. The lowest BCUT2D eigenvalue weighted by Crippen LogP contribution is -2.45. The molecule has 6 heteroatoms. The molecular formula is C14H14F4N2. The Morgan fingerprint density at radius 2 is 2.00 bits per heavy atom. The van der Waals surface area contributed by atoms with Gasteiger partial charge in [0.05, 0.1) is 17.7 Å². The van der Waals surface area contributed by atoms with Gasteiger partial charge in [-0.1, -0.05) is 12.1 Å². The summed E-state index contributed by atoms with van der Waals surface area (Å²) >= 11 is 0. The average molecular weight is 286 g/mol. The fraction of sp³-hybridized carbons (Fsp3) is 0.500. The van der Waals surface area contributed by atoms with Gasteiger partial charge in [-0.05, 0) is 37.8 Å². The molecule has 1 aromatic rings. The first kappa shape index (κ1) is 14.6. The summed E-state index contributed by atoms with van der Waals surface area (Å²) in [4.78, 5) is 0. The summed E-state index contributed by atoms with van der Waals surface area (Å²) in [6.45, 7) is 0. The van der Waals surface area contributed by atoms with Gasteiger partial charge in [-0.15, -0.1) is 0 Å². The van der Waals surface area contributed by atoms with Crippen LogP contribution in [0, 0.1) is 23.1 Å². The van der Waals surface area contributed by atoms with Crippen LogP contribution in [0.15, 0.2) is 24.3 Å². The van der Waals surface area contributed by atoms with Crippen LogP contribution < -0.4 is 5.32 Å². The highest BCUT2D eigenvalue weighted by molar-refractivity contribution is 5.49. The van der Waals surface area contributed by atoms with Gasteiger partial charge < -0.3 is 5.32 Å². The lowest BCUT2D eigenvalue weighted by Gasteiger charge is -2.37. The number of hydrogen-bond acceptors (Lipinski definition) is 2. The molecule has 0 saturated heterocycles. The highest BCUT2D eigenvalue weighted by atomic mass is 19.4. The number of benzene rings is 1. The van der Waals surface area contributed by atoms with E-state index in [2.05, 4.69) is 5.32 Å². The second kappa shape index (κ2) is 5.31. The Kier molecular flexibility index (Phi) is 3.89. The van der Waals surface area contributed by atoms with Crippen LogP contribution in [0.4, 0.5) is 23.2 Å². The SMILES string of the molecule is N#CC1(Nc2ccccc2F)CCCC(C(F)(F)F)C1. The van der Waals surface area contributed by atoms with Crippen LogP contribution in [-0.4, -0.2) is 11.7 Å². The largest absolute Gasteiger partial charge is 0.391 e. The Morgan fingerprint density at radius 3 is 2.60 bits per heavy atom. The third-order valence-electron chi connectivity index (χ3n) is 3.68. The zero-order valence-corrected chi connectivity index (χ0v) is 10.7. The number of nitrogens with one attached hydrogen (secondary N) is 1. The molecule has 2 nitrogen and oxygen atoms in total. The van der Waals surface area contributed by atoms with Crippen LogP contribution in [0.1, 0.15) is 25.7 Å². The summed E-state index contributed by atoms with van der Waals surface area (Å²) in [7, 11) is 0. The zero-order valence-electron chi connectivity index (χ0n) is 10.7. The van der Waals surface area contributed by atoms with Gasteiger partial charge in [0, 0.05) is 0 Å². The maximum absolute atomic E-state index is 13.6. The number of alkyl halides is 3. The van der Waals surface area contributed by atoms with Gasteiger partial charge in [-0.3, -0.25) is 0 Å². The highest BCUT2D eigenvalue weighted by Gasteiger charge is 2.48. The third kappa shape index (κ3) is 3.03. The molecule has 0 bridgehead atoms. The van der Waals surface area contributed by atoms with Gasteiger partial charge in [0.2, 0.25) is 0 Å². The number of nitrogens with zero attached hydrogens (tertiary/aromatic N) is 1. The molecule has 0 heterocycles. The normalized spacial score (nSPS) is 26.9. The minimum atomic E-state index is -4.32. The summed E-state index contributed by atoms with van der Waals surface area (Å²) in [5.41, 5.74) is -1.29. The second-order valence-corrected chi connectivity index (χ2v) is 5.13. The minimum Gasteiger partial charge on any atom is -0.365 e. The van der Waals surface area contributed by atoms with Gasteiger partial charge in [0.25, 0.3) is 0 Å². The van der Waals surface area contributed by atoms with E-state index in [4.69, 9.17) is 0 Å². The van der Waals surface area contributed by atoms with Crippen LogP contribution in [0.2, 0.25) is 0 Å². The van der Waals surface area contributed by atoms with Crippen LogP contribution in [-0.2, 0) is 0 Å². The molecule has 0 aromatic heterocycles. The highest BCUT2D eigenvalue weighted by Crippen LogP contribution is 2.43. The second-order valence-electron chi connectivity index (χ2n) is 5.13. The van der Waals surface area contributed by atoms with Gasteiger partial charge >= 0.3 is 6.18 Å². The number of halogens is 4. The summed E-state index contributed by atoms with van der Waals surface area (Å²) in [6, 6.07) is 7.60. The van der Waals surface area contributed by atoms with Gasteiger partial charge in [0.1, 0.15) is 11.4 Å². The van der Waals surface area contributed by atoms with Crippen LogP contribution in [0.25, 0.3) is 0 Å². The van der Waals surface area contributed by atoms with Crippen molar-refractivity contribution in [1.82, 2.24) is 0 Å². The summed E-state index contributed by atoms with van der Waals surface area (Å²) in [5.74, 6) is -2.09. The Morgan fingerprint density at radius 1 is 1.30 bits per heavy atom. The van der Waals surface area contributed by atoms with E-state index >= 15 is 0 Å². The van der Waals surface area contributed by atoms with Crippen LogP contribution in [0.5, 0.6) is 0 Å². The molecule has 108 valence electrons. The van der Waals surface area contributed by atoms with Crippen molar-refractivity contribution in [3.8, 4) is 6.07 Å². The Hall–Kier alpha value is -1.77. The fourth-order valence-electron chi connectivity index (χ4n) is 2.62. The number of hydrogen-bond donors (Lipinski definition) is 1. The molecule has 20 heavy (non-hydrogen) atoms. The van der Waals surface area contributed by atoms with Crippen molar-refractivity contribution < 1.29 is 17.6 Å². The Labute approximate surface area is 114 Å². The van der Waals surface area contributed by atoms with E-state index in [0.29, 0.717) is 6.42 Å². The molecule has 1 aromatic carbocycles. The monoisotopic (exact) mass is 286 g/mol. The smallest absolute Gasteiger partial charge is 0.365 e. The predicted octanol–water partition coefficient (Wildman–Crippen LogP) is 4.25. The molecule has 0 spiro atoms. The van der Waals surface area contributed by atoms with Crippen molar-refractivity contribution >= 4 is 5.69 Å². The van der Waals surface area contributed by atoms with Crippen molar-refractivity contribution in [1.29, 1.82) is 5.26 Å². The summed E-state index contributed by atoms with van der Waals surface area (Å²) in [5, 5.41) is 12.0. The molecule has 1 aliphatic rings. The van der Waals surface area contributed by atoms with Gasteiger partial charge in [-0.2, -0.15) is 18.4 Å². The van der Waals surface area contributed by atoms with E-state index in [1.807, 2.05) is 6.07 Å². The summed E-state index contributed by atoms with van der Waals surface area (Å²) < 4.78 is 52.1.